The highest BCUT2D eigenvalue weighted by atomic mass is 19.4. The first-order valence-electron chi connectivity index (χ1n) is 6.41. The lowest BCUT2D eigenvalue weighted by molar-refractivity contribution is -0.148. The number of piperidine rings is 1. The third-order valence-corrected chi connectivity index (χ3v) is 3.63. The summed E-state index contributed by atoms with van der Waals surface area (Å²) in [6, 6.07) is 0.238. The molecule has 0 aromatic heterocycles. The molecule has 0 amide bonds. The van der Waals surface area contributed by atoms with E-state index in [4.69, 9.17) is 0 Å². The van der Waals surface area contributed by atoms with Gasteiger partial charge in [0.25, 0.3) is 0 Å². The van der Waals surface area contributed by atoms with E-state index in [9.17, 15) is 13.2 Å². The van der Waals surface area contributed by atoms with Crippen LogP contribution >= 0.6 is 0 Å². The molecule has 1 heterocycles. The van der Waals surface area contributed by atoms with Crippen LogP contribution in [-0.4, -0.2) is 43.8 Å². The Labute approximate surface area is 101 Å². The van der Waals surface area contributed by atoms with Crippen LogP contribution in [0.1, 0.15) is 25.7 Å². The molecule has 2 fully saturated rings. The second-order valence-electron chi connectivity index (χ2n) is 5.69. The molecule has 0 radical (unpaired) electrons. The van der Waals surface area contributed by atoms with Gasteiger partial charge in [-0.2, -0.15) is 13.2 Å². The minimum Gasteiger partial charge on any atom is -0.312 e. The Kier molecular flexibility index (Phi) is 3.98. The Balaban J connectivity index is 1.77. The van der Waals surface area contributed by atoms with Gasteiger partial charge in [0.2, 0.25) is 0 Å². The summed E-state index contributed by atoms with van der Waals surface area (Å²) in [5, 5.41) is 3.42. The van der Waals surface area contributed by atoms with Gasteiger partial charge in [-0.15, -0.1) is 0 Å². The molecule has 1 saturated heterocycles. The van der Waals surface area contributed by atoms with E-state index in [0.29, 0.717) is 13.0 Å². The van der Waals surface area contributed by atoms with Crippen molar-refractivity contribution < 1.29 is 13.2 Å². The van der Waals surface area contributed by atoms with E-state index in [0.717, 1.165) is 19.0 Å². The fraction of sp³-hybridized carbons (Fsp3) is 1.00. The monoisotopic (exact) mass is 250 g/mol. The number of hydrogen-bond donors (Lipinski definition) is 1. The van der Waals surface area contributed by atoms with Gasteiger partial charge in [-0.25, -0.2) is 0 Å². The van der Waals surface area contributed by atoms with Crippen molar-refractivity contribution in [3.05, 3.63) is 0 Å². The highest BCUT2D eigenvalue weighted by Crippen LogP contribution is 2.31. The molecule has 17 heavy (non-hydrogen) atoms. The average molecular weight is 250 g/mol. The van der Waals surface area contributed by atoms with Gasteiger partial charge in [0.05, 0.1) is 0 Å². The summed E-state index contributed by atoms with van der Waals surface area (Å²) in [5.41, 5.74) is 0. The lowest BCUT2D eigenvalue weighted by Crippen LogP contribution is -2.48. The lowest BCUT2D eigenvalue weighted by Gasteiger charge is -2.36. The fourth-order valence-corrected chi connectivity index (χ4v) is 2.72. The molecule has 0 aromatic rings. The number of hydrogen-bond acceptors (Lipinski definition) is 2. The van der Waals surface area contributed by atoms with E-state index in [1.165, 1.54) is 12.8 Å². The molecular weight excluding hydrogens is 229 g/mol. The molecule has 2 atom stereocenters. The van der Waals surface area contributed by atoms with Gasteiger partial charge < -0.3 is 10.2 Å². The number of halogens is 3. The van der Waals surface area contributed by atoms with Gasteiger partial charge >= 0.3 is 6.18 Å². The zero-order valence-electron chi connectivity index (χ0n) is 10.3. The van der Waals surface area contributed by atoms with Crippen LogP contribution in [0.4, 0.5) is 13.2 Å². The summed E-state index contributed by atoms with van der Waals surface area (Å²) >= 11 is 0. The maximum absolute atomic E-state index is 12.4. The van der Waals surface area contributed by atoms with Crippen molar-refractivity contribution in [3.8, 4) is 0 Å². The van der Waals surface area contributed by atoms with E-state index in [1.54, 1.807) is 0 Å². The molecule has 5 heteroatoms. The van der Waals surface area contributed by atoms with Crippen LogP contribution in [0.3, 0.4) is 0 Å². The van der Waals surface area contributed by atoms with Crippen LogP contribution in [-0.2, 0) is 0 Å². The average Bonchev–Trinajstić information content (AvgIpc) is 2.94. The van der Waals surface area contributed by atoms with Crippen molar-refractivity contribution in [1.82, 2.24) is 10.2 Å². The van der Waals surface area contributed by atoms with Crippen molar-refractivity contribution in [2.45, 2.75) is 37.9 Å². The molecule has 1 saturated carbocycles. The third-order valence-electron chi connectivity index (χ3n) is 3.63. The predicted octanol–water partition coefficient (Wildman–Crippen LogP) is 2.26. The molecule has 2 aliphatic rings. The minimum absolute atomic E-state index is 0.238. The van der Waals surface area contributed by atoms with Gasteiger partial charge in [0.1, 0.15) is 0 Å². The van der Waals surface area contributed by atoms with Gasteiger partial charge in [0, 0.05) is 25.6 Å². The van der Waals surface area contributed by atoms with E-state index in [1.807, 2.05) is 11.9 Å². The number of likely N-dealkylation sites (tertiary alicyclic amines) is 1. The SMILES string of the molecule is CN1CC(CC(F)(F)F)CC(NCC2CC2)C1. The van der Waals surface area contributed by atoms with Gasteiger partial charge in [-0.3, -0.25) is 0 Å². The van der Waals surface area contributed by atoms with Crippen molar-refractivity contribution in [3.63, 3.8) is 0 Å². The van der Waals surface area contributed by atoms with Crippen LogP contribution < -0.4 is 5.32 Å². The lowest BCUT2D eigenvalue weighted by atomic mass is 9.91. The summed E-state index contributed by atoms with van der Waals surface area (Å²) in [6.07, 6.45) is -1.44. The van der Waals surface area contributed by atoms with Crippen molar-refractivity contribution in [2.75, 3.05) is 26.7 Å². The molecule has 0 aromatic carbocycles. The van der Waals surface area contributed by atoms with Gasteiger partial charge in [-0.1, -0.05) is 0 Å². The van der Waals surface area contributed by atoms with E-state index in [-0.39, 0.29) is 12.0 Å². The number of rotatable bonds is 4. The van der Waals surface area contributed by atoms with Crippen molar-refractivity contribution >= 4 is 0 Å². The first-order chi connectivity index (χ1) is 7.92. The van der Waals surface area contributed by atoms with E-state index in [2.05, 4.69) is 5.32 Å². The molecule has 2 unspecified atom stereocenters. The first-order valence-corrected chi connectivity index (χ1v) is 6.41. The van der Waals surface area contributed by atoms with Crippen LogP contribution in [0.5, 0.6) is 0 Å². The molecule has 1 aliphatic heterocycles. The molecular formula is C12H21F3N2. The van der Waals surface area contributed by atoms with Crippen LogP contribution in [0.25, 0.3) is 0 Å². The van der Waals surface area contributed by atoms with Crippen LogP contribution in [0, 0.1) is 11.8 Å². The number of nitrogens with zero attached hydrogens (tertiary/aromatic N) is 1. The summed E-state index contributed by atoms with van der Waals surface area (Å²) in [5.74, 6) is 0.536. The number of alkyl halides is 3. The van der Waals surface area contributed by atoms with Crippen molar-refractivity contribution in [2.24, 2.45) is 11.8 Å². The number of nitrogens with one attached hydrogen (secondary N) is 1. The second-order valence-corrected chi connectivity index (χ2v) is 5.69. The summed E-state index contributed by atoms with van der Waals surface area (Å²) in [7, 11) is 1.91. The Morgan fingerprint density at radius 1 is 1.18 bits per heavy atom. The van der Waals surface area contributed by atoms with Gasteiger partial charge in [0.15, 0.2) is 0 Å². The molecule has 2 nitrogen and oxygen atoms in total. The molecule has 1 aliphatic carbocycles. The number of likely N-dealkylation sites (N-methyl/N-ethyl adjacent to an activating group) is 1. The Hall–Kier alpha value is -0.290. The molecule has 0 spiro atoms. The molecule has 2 rings (SSSR count). The second kappa shape index (κ2) is 5.14. The normalized spacial score (nSPS) is 31.8. The highest BCUT2D eigenvalue weighted by molar-refractivity contribution is 4.85. The topological polar surface area (TPSA) is 15.3 Å². The molecule has 0 bridgehead atoms. The highest BCUT2D eigenvalue weighted by Gasteiger charge is 2.36. The van der Waals surface area contributed by atoms with E-state index < -0.39 is 12.6 Å². The summed E-state index contributed by atoms with van der Waals surface area (Å²) in [4.78, 5) is 2.02. The Bertz CT molecular complexity index is 251. The fourth-order valence-electron chi connectivity index (χ4n) is 2.72. The zero-order valence-corrected chi connectivity index (χ0v) is 10.3. The van der Waals surface area contributed by atoms with E-state index >= 15 is 0 Å². The standard InChI is InChI=1S/C12H21F3N2/c1-17-7-10(5-12(13,14)15)4-11(8-17)16-6-9-2-3-9/h9-11,16H,2-8H2,1H3. The zero-order chi connectivity index (χ0) is 12.5. The predicted molar refractivity (Wildman–Crippen MR) is 60.8 cm³/mol. The van der Waals surface area contributed by atoms with Crippen LogP contribution in [0.15, 0.2) is 0 Å². The Morgan fingerprint density at radius 3 is 2.47 bits per heavy atom. The molecule has 100 valence electrons. The summed E-state index contributed by atoms with van der Waals surface area (Å²) < 4.78 is 37.1. The third kappa shape index (κ3) is 4.84. The Morgan fingerprint density at radius 2 is 1.88 bits per heavy atom. The van der Waals surface area contributed by atoms with Crippen molar-refractivity contribution in [1.29, 1.82) is 0 Å². The maximum atomic E-state index is 12.4. The smallest absolute Gasteiger partial charge is 0.312 e. The van der Waals surface area contributed by atoms with Crippen LogP contribution in [0.2, 0.25) is 0 Å². The largest absolute Gasteiger partial charge is 0.389 e. The quantitative estimate of drug-likeness (QED) is 0.823. The first kappa shape index (κ1) is 13.1. The molecule has 1 N–H and O–H groups in total. The maximum Gasteiger partial charge on any atom is 0.389 e. The van der Waals surface area contributed by atoms with Gasteiger partial charge in [-0.05, 0) is 44.7 Å². The minimum atomic E-state index is -4.02. The summed E-state index contributed by atoms with van der Waals surface area (Å²) in [6.45, 7) is 2.43.